The molecule has 0 atom stereocenters. The molecule has 24 aromatic rings. The molecule has 0 bridgehead atoms. The van der Waals surface area contributed by atoms with Crippen LogP contribution in [-0.4, -0.2) is 165 Å². The summed E-state index contributed by atoms with van der Waals surface area (Å²) in [5.41, 5.74) is 36.8. The van der Waals surface area contributed by atoms with Crippen molar-refractivity contribution in [1.82, 2.24) is 159 Å². The number of amides is 1. The normalized spacial score (nSPS) is 11.2. The van der Waals surface area contributed by atoms with E-state index in [2.05, 4.69) is 169 Å². The zero-order chi connectivity index (χ0) is 87.5. The van der Waals surface area contributed by atoms with Gasteiger partial charge in [-0.25, -0.2) is 39.9 Å². The molecule has 35 nitrogen and oxygen atoms in total. The Labute approximate surface area is 760 Å². The smallest absolute Gasteiger partial charge is 0.224 e. The Kier molecular flexibility index (Phi) is 23.8. The third-order valence-electron chi connectivity index (χ3n) is 22.0. The molecule has 11 N–H and O–H groups in total. The lowest BCUT2D eigenvalue weighted by Crippen LogP contribution is -2.13. The number of imidazole rings is 8. The van der Waals surface area contributed by atoms with Crippen molar-refractivity contribution < 1.29 is 4.79 Å². The number of carbonyl (C=O) groups is 1. The van der Waals surface area contributed by atoms with Gasteiger partial charge in [-0.3, -0.25) is 65.1 Å². The number of hydrogen-bond donors (Lipinski definition) is 10. The molecule has 0 spiro atoms. The number of fused-ring (bicyclic) bond motifs is 8. The van der Waals surface area contributed by atoms with Crippen LogP contribution in [0.5, 0.6) is 0 Å². The van der Waals surface area contributed by atoms with Crippen LogP contribution in [0.1, 0.15) is 78.3 Å². The van der Waals surface area contributed by atoms with Gasteiger partial charge in [-0.05, 0) is 141 Å². The van der Waals surface area contributed by atoms with Gasteiger partial charge in [0.2, 0.25) is 5.91 Å². The largest absolute Gasteiger partial charge is 0.397 e. The fourth-order valence-corrected chi connectivity index (χ4v) is 15.7. The van der Waals surface area contributed by atoms with E-state index in [1.165, 1.54) is 5.56 Å². The van der Waals surface area contributed by atoms with Crippen molar-refractivity contribution >= 4 is 105 Å². The Bertz CT molecular complexity index is 8340. The highest BCUT2D eigenvalue weighted by Crippen LogP contribution is 2.38. The van der Waals surface area contributed by atoms with Crippen LogP contribution in [0.3, 0.4) is 0 Å². The van der Waals surface area contributed by atoms with Crippen LogP contribution in [0.2, 0.25) is 0 Å². The van der Waals surface area contributed by atoms with Crippen molar-refractivity contribution in [2.75, 3.05) is 11.1 Å². The van der Waals surface area contributed by atoms with Gasteiger partial charge < -0.3 is 49.3 Å². The molecule has 0 fully saturated rings. The molecule has 0 aliphatic heterocycles. The second kappa shape index (κ2) is 36.4. The number of benzene rings is 4. The van der Waals surface area contributed by atoms with Gasteiger partial charge in [0.1, 0.15) is 44.8 Å². The number of aromatic amines is 8. The topological polar surface area (TPSA) is 459 Å². The number of aryl methyl sites for hydroxylation is 5. The molecule has 0 aliphatic carbocycles. The molecule has 0 unspecified atom stereocenters. The minimum atomic E-state index is -0.0221. The van der Waals surface area contributed by atoms with E-state index in [-0.39, 0.29) is 41.5 Å². The number of pyridine rings is 8. The first kappa shape index (κ1) is 87.0. The summed E-state index contributed by atoms with van der Waals surface area (Å²) in [5, 5.41) is 37.4. The number of nitrogens with zero attached hydrogens (tertiary/aromatic N) is 24. The van der Waals surface area contributed by atoms with Crippen molar-refractivity contribution in [1.29, 1.82) is 0 Å². The Morgan fingerprint density at radius 3 is 1.05 bits per heavy atom. The summed E-state index contributed by atoms with van der Waals surface area (Å²) in [6.07, 6.45) is 43.7. The van der Waals surface area contributed by atoms with Gasteiger partial charge in [0, 0.05) is 118 Å². The summed E-state index contributed by atoms with van der Waals surface area (Å²) in [6, 6.07) is 34.4. The molecule has 133 heavy (non-hydrogen) atoms. The maximum atomic E-state index is 12.2. The van der Waals surface area contributed by atoms with E-state index in [1.807, 2.05) is 170 Å². The first-order valence-corrected chi connectivity index (χ1v) is 41.1. The molecule has 0 radical (unpaired) electrons. The summed E-state index contributed by atoms with van der Waals surface area (Å²) < 4.78 is 7.69. The highest BCUT2D eigenvalue weighted by atomic mass is 16.1. The molecule has 4 aromatic carbocycles. The zero-order valence-electron chi connectivity index (χ0n) is 70.2. The lowest BCUT2D eigenvalue weighted by Gasteiger charge is -2.09. The highest BCUT2D eigenvalue weighted by molar-refractivity contribution is 6.02. The van der Waals surface area contributed by atoms with Crippen molar-refractivity contribution in [3.8, 4) is 113 Å². The number of hydrogen-bond acceptors (Lipinski definition) is 22. The SMILES string of the molecule is C.C.C.C.Cc1cn(-c2cncc3[nH]c(-c4n[nH]c5ccc(-c6cccnc6)cc45)nc23)cn1.Cc1cn(-c2cncc3[nH]c(-c4n[nH]c5ccc(-c6cncc(N)c6)cc45)nc23)cn1.Cc1cn(-c2cncc3[nH]c(-c4n[nH]c5ccc(-c6cncc(NC(=O)CC(C)C)c6)cc45)nc23)cn1.Cc1cn(-c2cncc3[nH]c(-c4n[nH]c5ccc(-c6cnccc6C)cc45)nc23)cn1. The predicted molar refractivity (Wildman–Crippen MR) is 520 cm³/mol. The quantitative estimate of drug-likeness (QED) is 0.0456. The van der Waals surface area contributed by atoms with Crippen molar-refractivity contribution in [2.45, 2.75) is 84.6 Å². The van der Waals surface area contributed by atoms with E-state index < -0.39 is 0 Å². The van der Waals surface area contributed by atoms with Crippen molar-refractivity contribution in [2.24, 2.45) is 5.92 Å². The van der Waals surface area contributed by atoms with E-state index in [9.17, 15) is 4.79 Å². The van der Waals surface area contributed by atoms with E-state index in [0.717, 1.165) is 195 Å². The fourth-order valence-electron chi connectivity index (χ4n) is 15.7. The standard InChI is InChI=1S/C27H25N9O.C23H18N8.C22H17N9.C22H16N8.4CH4/c1-15(2)6-24(37)31-19-7-18(9-28-10-19)17-4-5-21-20(8-17)25(35-34-21)27-32-22-11-29-12-23(26(22)33-27)36-13-16(3)30-14-36;1-13-5-6-24-8-17(13)15-3-4-18-16(7-15)21(30-29-18)23-27-19-9-25-10-20(22(19)28-23)31-11-14(2)26-12-31;1-12-10-31(11-26-12)19-9-25-8-18-21(19)28-22(27-18)20-16-5-13(2-3-17(16)29-30-20)14-4-15(23)7-24-6-14;1-13-11-30(12-25-13)19-10-24-9-18-21(19)27-22(26-18)20-16-7-14(4-5-17(16)28-29-20)15-3-2-6-23-8-15;;;;/h4-5,7-15H,6H2,1-3H3,(H,31,37)(H,32,33)(H,34,35);3-12H,1-2H3,(H,27,28)(H,29,30);2-11H,23H2,1H3,(H,27,28)(H,29,30);2-12H,1H3,(H,26,27)(H,28,29);4*1H4. The summed E-state index contributed by atoms with van der Waals surface area (Å²) in [4.78, 5) is 96.9. The summed E-state index contributed by atoms with van der Waals surface area (Å²) in [7, 11) is 0. The maximum absolute atomic E-state index is 12.2. The number of anilines is 2. The fraction of sp³-hybridized carbons (Fsp3) is 0.133. The van der Waals surface area contributed by atoms with E-state index in [4.69, 9.17) is 25.7 Å². The van der Waals surface area contributed by atoms with Gasteiger partial charge in [-0.15, -0.1) is 0 Å². The van der Waals surface area contributed by atoms with Crippen LogP contribution in [0.15, 0.2) is 252 Å². The predicted octanol–water partition coefficient (Wildman–Crippen LogP) is 19.6. The van der Waals surface area contributed by atoms with E-state index >= 15 is 0 Å². The van der Waals surface area contributed by atoms with Gasteiger partial charge >= 0.3 is 0 Å². The highest BCUT2D eigenvalue weighted by Gasteiger charge is 2.24. The molecule has 660 valence electrons. The van der Waals surface area contributed by atoms with Crippen molar-refractivity contribution in [3.63, 3.8) is 0 Å². The van der Waals surface area contributed by atoms with E-state index in [1.54, 1.807) is 106 Å². The molecular formula is C98H92N34O. The Morgan fingerprint density at radius 2 is 0.699 bits per heavy atom. The zero-order valence-corrected chi connectivity index (χ0v) is 70.2. The summed E-state index contributed by atoms with van der Waals surface area (Å²) >= 11 is 0. The monoisotopic (exact) mass is 1760 g/mol. The Hall–Kier alpha value is -18.1. The van der Waals surface area contributed by atoms with E-state index in [0.29, 0.717) is 46.8 Å². The molecule has 0 saturated carbocycles. The Morgan fingerprint density at radius 1 is 0.353 bits per heavy atom. The number of rotatable bonds is 15. The molecule has 0 saturated heterocycles. The molecular weight excluding hydrogens is 1670 g/mol. The molecule has 35 heteroatoms. The van der Waals surface area contributed by atoms with Gasteiger partial charge in [-0.2, -0.15) is 20.4 Å². The number of aromatic nitrogens is 32. The molecule has 20 aromatic heterocycles. The first-order valence-electron chi connectivity index (χ1n) is 41.1. The third kappa shape index (κ3) is 17.1. The number of nitrogens with one attached hydrogen (secondary N) is 9. The average Bonchev–Trinajstić information content (AvgIpc) is 1.66. The second-order valence-electron chi connectivity index (χ2n) is 31.6. The summed E-state index contributed by atoms with van der Waals surface area (Å²) in [5.74, 6) is 2.93. The van der Waals surface area contributed by atoms with Crippen LogP contribution < -0.4 is 11.1 Å². The van der Waals surface area contributed by atoms with Gasteiger partial charge in [0.05, 0.1) is 182 Å². The maximum Gasteiger partial charge on any atom is 0.224 e. The average molecular weight is 1760 g/mol. The van der Waals surface area contributed by atoms with Gasteiger partial charge in [0.15, 0.2) is 23.3 Å². The van der Waals surface area contributed by atoms with Crippen LogP contribution in [-0.2, 0) is 4.79 Å². The number of carbonyl (C=O) groups excluding carboxylic acids is 1. The molecule has 20 heterocycles. The number of nitrogens with two attached hydrogens (primary N) is 1. The van der Waals surface area contributed by atoms with Crippen LogP contribution >= 0.6 is 0 Å². The molecule has 1 amide bonds. The Balaban J connectivity index is 0.000000123. The summed E-state index contributed by atoms with van der Waals surface area (Å²) in [6.45, 7) is 13.9. The molecule has 0 aliphatic rings. The minimum absolute atomic E-state index is 0. The lowest BCUT2D eigenvalue weighted by atomic mass is 10.0. The minimum Gasteiger partial charge on any atom is -0.397 e. The van der Waals surface area contributed by atoms with Crippen LogP contribution in [0.25, 0.3) is 201 Å². The van der Waals surface area contributed by atoms with Crippen LogP contribution in [0, 0.1) is 40.5 Å². The lowest BCUT2D eigenvalue weighted by molar-refractivity contribution is -0.116. The second-order valence-corrected chi connectivity index (χ2v) is 31.6. The van der Waals surface area contributed by atoms with Crippen molar-refractivity contribution in [3.05, 3.63) is 281 Å². The van der Waals surface area contributed by atoms with Gasteiger partial charge in [-0.1, -0.05) is 73.9 Å². The van der Waals surface area contributed by atoms with Crippen LogP contribution in [0.4, 0.5) is 11.4 Å². The van der Waals surface area contributed by atoms with Gasteiger partial charge in [0.25, 0.3) is 0 Å². The first-order chi connectivity index (χ1) is 63.0. The third-order valence-corrected chi connectivity index (χ3v) is 22.0. The molecule has 24 rings (SSSR count). The number of nitrogen functional groups attached to an aromatic ring is 1. The number of H-pyrrole nitrogens is 8.